The predicted molar refractivity (Wildman–Crippen MR) is 115 cm³/mol. The second-order valence-corrected chi connectivity index (χ2v) is 7.48. The molecule has 0 atom stereocenters. The zero-order valence-corrected chi connectivity index (χ0v) is 17.0. The number of ether oxygens (including phenoxy) is 2. The lowest BCUT2D eigenvalue weighted by Crippen LogP contribution is -2.26. The molecule has 0 radical (unpaired) electrons. The standard InChI is InChI=1S/C25H15NO7/c27-19(13-8-9-20-18(10-13)26-21(28)12-32-20)11-33-25(31)17-7-3-6-16-22(17)24(30)15-5-2-1-4-14(15)23(16)29/h1-10H,11-12H2,(H,26,28). The molecule has 1 amide bonds. The lowest BCUT2D eigenvalue weighted by atomic mass is 9.82. The number of nitrogens with one attached hydrogen (secondary N) is 1. The molecule has 8 heteroatoms. The van der Waals surface area contributed by atoms with Gasteiger partial charge in [-0.3, -0.25) is 19.2 Å². The Morgan fingerprint density at radius 1 is 0.879 bits per heavy atom. The van der Waals surface area contributed by atoms with E-state index in [1.54, 1.807) is 24.3 Å². The Labute approximate surface area is 187 Å². The van der Waals surface area contributed by atoms with Crippen LogP contribution in [0.2, 0.25) is 0 Å². The van der Waals surface area contributed by atoms with E-state index in [-0.39, 0.29) is 51.7 Å². The predicted octanol–water partition coefficient (Wildman–Crippen LogP) is 2.83. The van der Waals surface area contributed by atoms with Crippen LogP contribution in [0.25, 0.3) is 0 Å². The lowest BCUT2D eigenvalue weighted by Gasteiger charge is -2.19. The average Bonchev–Trinajstić information content (AvgIpc) is 2.84. The molecule has 0 fully saturated rings. The largest absolute Gasteiger partial charge is 0.482 e. The van der Waals surface area contributed by atoms with Gasteiger partial charge in [-0.1, -0.05) is 36.4 Å². The van der Waals surface area contributed by atoms with E-state index >= 15 is 0 Å². The second-order valence-electron chi connectivity index (χ2n) is 7.48. The molecule has 0 saturated heterocycles. The summed E-state index contributed by atoms with van der Waals surface area (Å²) in [6.07, 6.45) is 0. The molecule has 2 aliphatic rings. The molecule has 3 aromatic rings. The number of hydrogen-bond acceptors (Lipinski definition) is 7. The van der Waals surface area contributed by atoms with Crippen molar-refractivity contribution in [1.82, 2.24) is 0 Å². The molecular formula is C25H15NO7. The van der Waals surface area contributed by atoms with Gasteiger partial charge in [-0.15, -0.1) is 0 Å². The van der Waals surface area contributed by atoms with Gasteiger partial charge in [0, 0.05) is 27.8 Å². The third kappa shape index (κ3) is 3.47. The number of rotatable bonds is 4. The number of carbonyl (C=O) groups is 5. The van der Waals surface area contributed by atoms with E-state index in [0.29, 0.717) is 11.4 Å². The monoisotopic (exact) mass is 441 g/mol. The van der Waals surface area contributed by atoms with E-state index < -0.39 is 24.1 Å². The highest BCUT2D eigenvalue weighted by Crippen LogP contribution is 2.30. The minimum atomic E-state index is -0.893. The highest BCUT2D eigenvalue weighted by molar-refractivity contribution is 6.30. The van der Waals surface area contributed by atoms with Crippen molar-refractivity contribution < 1.29 is 33.4 Å². The van der Waals surface area contributed by atoms with Crippen molar-refractivity contribution >= 4 is 34.9 Å². The Morgan fingerprint density at radius 3 is 2.39 bits per heavy atom. The van der Waals surface area contributed by atoms with Gasteiger partial charge in [0.15, 0.2) is 30.6 Å². The fourth-order valence-corrected chi connectivity index (χ4v) is 3.86. The van der Waals surface area contributed by atoms with E-state index in [4.69, 9.17) is 9.47 Å². The summed E-state index contributed by atoms with van der Waals surface area (Å²) in [6, 6.07) is 15.2. The summed E-state index contributed by atoms with van der Waals surface area (Å²) in [7, 11) is 0. The smallest absolute Gasteiger partial charge is 0.339 e. The van der Waals surface area contributed by atoms with Crippen LogP contribution in [0.1, 0.15) is 52.6 Å². The second kappa shape index (κ2) is 7.83. The summed E-state index contributed by atoms with van der Waals surface area (Å²) in [5.74, 6) is -2.12. The van der Waals surface area contributed by atoms with Crippen LogP contribution in [0.4, 0.5) is 5.69 Å². The van der Waals surface area contributed by atoms with Gasteiger partial charge >= 0.3 is 5.97 Å². The molecule has 8 nitrogen and oxygen atoms in total. The Morgan fingerprint density at radius 2 is 1.61 bits per heavy atom. The van der Waals surface area contributed by atoms with Crippen molar-refractivity contribution in [3.63, 3.8) is 0 Å². The first kappa shape index (κ1) is 20.3. The van der Waals surface area contributed by atoms with Crippen LogP contribution < -0.4 is 10.1 Å². The zero-order chi connectivity index (χ0) is 23.1. The fourth-order valence-electron chi connectivity index (χ4n) is 3.86. The summed E-state index contributed by atoms with van der Waals surface area (Å²) < 4.78 is 10.4. The number of Topliss-reactive ketones (excluding diaryl/α,β-unsaturated/α-hetero) is 1. The number of anilines is 1. The third-order valence-corrected chi connectivity index (χ3v) is 5.44. The first-order valence-corrected chi connectivity index (χ1v) is 10.0. The summed E-state index contributed by atoms with van der Waals surface area (Å²) in [5.41, 5.74) is 1.05. The molecule has 0 saturated carbocycles. The first-order valence-electron chi connectivity index (χ1n) is 10.0. The van der Waals surface area contributed by atoms with Gasteiger partial charge in [0.25, 0.3) is 5.91 Å². The van der Waals surface area contributed by atoms with E-state index in [1.165, 1.54) is 36.4 Å². The molecule has 5 rings (SSSR count). The number of carbonyl (C=O) groups excluding carboxylic acids is 5. The molecule has 0 bridgehead atoms. The van der Waals surface area contributed by atoms with Gasteiger partial charge in [-0.2, -0.15) is 0 Å². The van der Waals surface area contributed by atoms with Gasteiger partial charge in [0.1, 0.15) is 5.75 Å². The van der Waals surface area contributed by atoms with Crippen LogP contribution in [0.5, 0.6) is 5.75 Å². The average molecular weight is 441 g/mol. The number of hydrogen-bond donors (Lipinski definition) is 1. The number of ketones is 3. The van der Waals surface area contributed by atoms with Crippen LogP contribution in [0.15, 0.2) is 60.7 Å². The van der Waals surface area contributed by atoms with Gasteiger partial charge in [-0.05, 0) is 24.3 Å². The van der Waals surface area contributed by atoms with Gasteiger partial charge in [-0.25, -0.2) is 4.79 Å². The van der Waals surface area contributed by atoms with E-state index in [0.717, 1.165) is 0 Å². The molecule has 0 aromatic heterocycles. The van der Waals surface area contributed by atoms with Crippen LogP contribution in [-0.2, 0) is 9.53 Å². The quantitative estimate of drug-likeness (QED) is 0.382. The van der Waals surface area contributed by atoms with Gasteiger partial charge in [0.05, 0.1) is 11.3 Å². The topological polar surface area (TPSA) is 116 Å². The van der Waals surface area contributed by atoms with Crippen LogP contribution >= 0.6 is 0 Å². The summed E-state index contributed by atoms with van der Waals surface area (Å²) in [4.78, 5) is 62.7. The highest BCUT2D eigenvalue weighted by Gasteiger charge is 2.33. The SMILES string of the molecule is O=C1COc2ccc(C(=O)COC(=O)c3cccc4c3C(=O)c3ccccc3C4=O)cc2N1. The zero-order valence-electron chi connectivity index (χ0n) is 17.0. The van der Waals surface area contributed by atoms with E-state index in [9.17, 15) is 24.0 Å². The van der Waals surface area contributed by atoms with E-state index in [2.05, 4.69) is 5.32 Å². The number of fused-ring (bicyclic) bond motifs is 3. The van der Waals surface area contributed by atoms with Crippen LogP contribution in [0.3, 0.4) is 0 Å². The molecule has 0 spiro atoms. The van der Waals surface area contributed by atoms with Crippen molar-refractivity contribution in [2.45, 2.75) is 0 Å². The van der Waals surface area contributed by atoms with Crippen molar-refractivity contribution in [2.75, 3.05) is 18.5 Å². The van der Waals surface area contributed by atoms with Crippen LogP contribution in [0, 0.1) is 0 Å². The van der Waals surface area contributed by atoms with Crippen molar-refractivity contribution in [3.8, 4) is 5.75 Å². The highest BCUT2D eigenvalue weighted by atomic mass is 16.5. The van der Waals surface area contributed by atoms with Crippen molar-refractivity contribution in [3.05, 3.63) is 94.0 Å². The molecule has 1 aliphatic heterocycles. The Bertz CT molecular complexity index is 1390. The minimum Gasteiger partial charge on any atom is -0.482 e. The van der Waals surface area contributed by atoms with Crippen molar-refractivity contribution in [1.29, 1.82) is 0 Å². The molecule has 1 N–H and O–H groups in total. The van der Waals surface area contributed by atoms with Gasteiger partial charge in [0.2, 0.25) is 0 Å². The Kier molecular flexibility index (Phi) is 4.82. The maximum atomic E-state index is 13.0. The molecule has 1 aliphatic carbocycles. The number of esters is 1. The maximum absolute atomic E-state index is 13.0. The summed E-state index contributed by atoms with van der Waals surface area (Å²) in [6.45, 7) is -0.695. The maximum Gasteiger partial charge on any atom is 0.339 e. The molecular weight excluding hydrogens is 426 g/mol. The number of amides is 1. The van der Waals surface area contributed by atoms with Crippen LogP contribution in [-0.4, -0.2) is 42.4 Å². The molecule has 33 heavy (non-hydrogen) atoms. The normalized spacial score (nSPS) is 13.8. The Balaban J connectivity index is 1.37. The first-order chi connectivity index (χ1) is 15.9. The Hall–Kier alpha value is -4.59. The minimum absolute atomic E-state index is 0.0349. The van der Waals surface area contributed by atoms with Gasteiger partial charge < -0.3 is 14.8 Å². The summed E-state index contributed by atoms with van der Waals surface area (Å²) >= 11 is 0. The van der Waals surface area contributed by atoms with E-state index in [1.807, 2.05) is 0 Å². The molecule has 162 valence electrons. The molecule has 1 heterocycles. The third-order valence-electron chi connectivity index (χ3n) is 5.44. The summed E-state index contributed by atoms with van der Waals surface area (Å²) in [5, 5.41) is 2.60. The lowest BCUT2D eigenvalue weighted by molar-refractivity contribution is -0.118. The molecule has 0 unspecified atom stereocenters. The number of benzene rings is 3. The fraction of sp³-hybridized carbons (Fsp3) is 0.0800. The molecule has 3 aromatic carbocycles. The van der Waals surface area contributed by atoms with Crippen molar-refractivity contribution in [2.24, 2.45) is 0 Å².